The van der Waals surface area contributed by atoms with Crippen molar-refractivity contribution in [1.29, 1.82) is 0 Å². The fourth-order valence-corrected chi connectivity index (χ4v) is 1.16. The number of rotatable bonds is 3. The van der Waals surface area contributed by atoms with Crippen LogP contribution in [0.1, 0.15) is 12.6 Å². The molecule has 0 saturated heterocycles. The molecule has 1 aromatic heterocycles. The van der Waals surface area contributed by atoms with Gasteiger partial charge in [0.15, 0.2) is 11.9 Å². The maximum absolute atomic E-state index is 8.73. The van der Waals surface area contributed by atoms with E-state index in [4.69, 9.17) is 5.11 Å². The van der Waals surface area contributed by atoms with Gasteiger partial charge in [-0.05, 0) is 6.92 Å². The molecule has 0 atom stereocenters. The first-order valence-corrected chi connectivity index (χ1v) is 3.96. The molecule has 0 unspecified atom stereocenters. The van der Waals surface area contributed by atoms with Gasteiger partial charge >= 0.3 is 0 Å². The summed E-state index contributed by atoms with van der Waals surface area (Å²) >= 11 is 0. The van der Waals surface area contributed by atoms with E-state index in [0.717, 1.165) is 13.0 Å². The molecule has 11 heavy (non-hydrogen) atoms. The maximum atomic E-state index is 8.73. The number of hydrogen-bond acceptors (Lipinski definition) is 1. The minimum absolute atomic E-state index is 0.226. The minimum Gasteiger partial charge on any atom is -0.396 e. The number of aryl methyl sites for hydroxylation is 1. The summed E-state index contributed by atoms with van der Waals surface area (Å²) in [6, 6.07) is 6.04. The predicted octanol–water partition coefficient (Wildman–Crippen LogP) is 0.529. The fraction of sp³-hybridized carbons (Fsp3) is 0.444. The molecular formula is C9H14NO+. The summed E-state index contributed by atoms with van der Waals surface area (Å²) in [5.41, 5.74) is 1.19. The second-order valence-corrected chi connectivity index (χ2v) is 2.45. The monoisotopic (exact) mass is 152 g/mol. The molecule has 0 saturated carbocycles. The summed E-state index contributed by atoms with van der Waals surface area (Å²) in [7, 11) is 0. The number of aromatic nitrogens is 1. The van der Waals surface area contributed by atoms with Gasteiger partial charge in [0.25, 0.3) is 0 Å². The standard InChI is InChI=1S/C9H14NO/c1-2-10-7-4-3-5-9(10)6-8-11/h3-5,7,11H,2,6,8H2,1H3/q+1. The van der Waals surface area contributed by atoms with Crippen molar-refractivity contribution < 1.29 is 9.67 Å². The fourth-order valence-electron chi connectivity index (χ4n) is 1.16. The molecule has 0 aliphatic carbocycles. The van der Waals surface area contributed by atoms with Gasteiger partial charge in [-0.15, -0.1) is 0 Å². The van der Waals surface area contributed by atoms with Gasteiger partial charge in [-0.2, -0.15) is 0 Å². The van der Waals surface area contributed by atoms with Crippen LogP contribution in [0.25, 0.3) is 0 Å². The van der Waals surface area contributed by atoms with E-state index < -0.39 is 0 Å². The Balaban J connectivity index is 2.83. The molecule has 0 aliphatic heterocycles. The lowest BCUT2D eigenvalue weighted by molar-refractivity contribution is -0.700. The van der Waals surface area contributed by atoms with Crippen molar-refractivity contribution in [3.63, 3.8) is 0 Å². The molecule has 0 radical (unpaired) electrons. The van der Waals surface area contributed by atoms with E-state index in [9.17, 15) is 0 Å². The molecule has 2 nitrogen and oxygen atoms in total. The van der Waals surface area contributed by atoms with Gasteiger partial charge in [0, 0.05) is 12.1 Å². The van der Waals surface area contributed by atoms with Crippen molar-refractivity contribution in [3.8, 4) is 0 Å². The van der Waals surface area contributed by atoms with Gasteiger partial charge in [0.2, 0.25) is 0 Å². The van der Waals surface area contributed by atoms with Crippen molar-refractivity contribution >= 4 is 0 Å². The third-order valence-electron chi connectivity index (χ3n) is 1.74. The van der Waals surface area contributed by atoms with E-state index in [-0.39, 0.29) is 6.61 Å². The molecule has 0 bridgehead atoms. The van der Waals surface area contributed by atoms with Crippen LogP contribution >= 0.6 is 0 Å². The minimum atomic E-state index is 0.226. The van der Waals surface area contributed by atoms with Gasteiger partial charge in [0.1, 0.15) is 6.54 Å². The van der Waals surface area contributed by atoms with Crippen LogP contribution in [0.3, 0.4) is 0 Å². The molecule has 1 heterocycles. The van der Waals surface area contributed by atoms with Crippen LogP contribution in [0, 0.1) is 0 Å². The number of aliphatic hydroxyl groups is 1. The first kappa shape index (κ1) is 8.21. The van der Waals surface area contributed by atoms with E-state index in [1.807, 2.05) is 24.4 Å². The quantitative estimate of drug-likeness (QED) is 0.628. The summed E-state index contributed by atoms with van der Waals surface area (Å²) in [6.07, 6.45) is 2.78. The largest absolute Gasteiger partial charge is 0.396 e. The molecule has 0 amide bonds. The highest BCUT2D eigenvalue weighted by Crippen LogP contribution is 1.91. The topological polar surface area (TPSA) is 24.1 Å². The average molecular weight is 152 g/mol. The van der Waals surface area contributed by atoms with Crippen molar-refractivity contribution in [3.05, 3.63) is 30.1 Å². The summed E-state index contributed by atoms with van der Waals surface area (Å²) in [5, 5.41) is 8.73. The molecule has 1 N–H and O–H groups in total. The Morgan fingerprint density at radius 2 is 2.27 bits per heavy atom. The lowest BCUT2D eigenvalue weighted by atomic mass is 10.2. The SMILES string of the molecule is CC[n+]1ccccc1CCO. The summed E-state index contributed by atoms with van der Waals surface area (Å²) in [5.74, 6) is 0. The number of pyridine rings is 1. The zero-order valence-corrected chi connectivity index (χ0v) is 6.83. The molecule has 0 aromatic carbocycles. The number of aliphatic hydroxyl groups excluding tert-OH is 1. The Morgan fingerprint density at radius 1 is 1.45 bits per heavy atom. The zero-order chi connectivity index (χ0) is 8.10. The highest BCUT2D eigenvalue weighted by molar-refractivity contribution is 4.97. The van der Waals surface area contributed by atoms with Gasteiger partial charge in [-0.25, -0.2) is 4.57 Å². The number of nitrogens with zero attached hydrogens (tertiary/aromatic N) is 1. The van der Waals surface area contributed by atoms with E-state index in [2.05, 4.69) is 11.5 Å². The highest BCUT2D eigenvalue weighted by Gasteiger charge is 2.04. The van der Waals surface area contributed by atoms with E-state index in [0.29, 0.717) is 0 Å². The smallest absolute Gasteiger partial charge is 0.183 e. The van der Waals surface area contributed by atoms with Gasteiger partial charge in [-0.1, -0.05) is 6.07 Å². The first-order chi connectivity index (χ1) is 5.38. The van der Waals surface area contributed by atoms with Crippen LogP contribution in [0.5, 0.6) is 0 Å². The highest BCUT2D eigenvalue weighted by atomic mass is 16.3. The van der Waals surface area contributed by atoms with Gasteiger partial charge < -0.3 is 5.11 Å². The Labute approximate surface area is 67.1 Å². The normalized spacial score (nSPS) is 10.0. The van der Waals surface area contributed by atoms with Crippen LogP contribution in [0.15, 0.2) is 24.4 Å². The summed E-state index contributed by atoms with van der Waals surface area (Å²) in [6.45, 7) is 3.29. The molecule has 2 heteroatoms. The lowest BCUT2D eigenvalue weighted by Crippen LogP contribution is -2.36. The second kappa shape index (κ2) is 4.09. The lowest BCUT2D eigenvalue weighted by Gasteiger charge is -1.97. The second-order valence-electron chi connectivity index (χ2n) is 2.45. The van der Waals surface area contributed by atoms with Crippen molar-refractivity contribution in [2.24, 2.45) is 0 Å². The maximum Gasteiger partial charge on any atom is 0.183 e. The average Bonchev–Trinajstić information content (AvgIpc) is 2.06. The third kappa shape index (κ3) is 2.02. The molecule has 0 fully saturated rings. The van der Waals surface area contributed by atoms with Crippen LogP contribution in [-0.2, 0) is 13.0 Å². The third-order valence-corrected chi connectivity index (χ3v) is 1.74. The number of hydrogen-bond donors (Lipinski definition) is 1. The summed E-state index contributed by atoms with van der Waals surface area (Å²) in [4.78, 5) is 0. The van der Waals surface area contributed by atoms with Gasteiger partial charge in [0.05, 0.1) is 13.0 Å². The molecule has 1 aromatic rings. The van der Waals surface area contributed by atoms with Crippen LogP contribution in [-0.4, -0.2) is 11.7 Å². The van der Waals surface area contributed by atoms with Crippen LogP contribution < -0.4 is 4.57 Å². The molecule has 0 aliphatic rings. The molecule has 60 valence electrons. The van der Waals surface area contributed by atoms with Crippen molar-refractivity contribution in [2.75, 3.05) is 6.61 Å². The van der Waals surface area contributed by atoms with E-state index >= 15 is 0 Å². The summed E-state index contributed by atoms with van der Waals surface area (Å²) < 4.78 is 2.14. The predicted molar refractivity (Wildman–Crippen MR) is 43.1 cm³/mol. The van der Waals surface area contributed by atoms with Crippen LogP contribution in [0.2, 0.25) is 0 Å². The Morgan fingerprint density at radius 3 is 2.91 bits per heavy atom. The van der Waals surface area contributed by atoms with Crippen molar-refractivity contribution in [1.82, 2.24) is 0 Å². The molecule has 0 spiro atoms. The zero-order valence-electron chi connectivity index (χ0n) is 6.83. The Hall–Kier alpha value is -0.890. The van der Waals surface area contributed by atoms with E-state index in [1.165, 1.54) is 5.69 Å². The molecular weight excluding hydrogens is 138 g/mol. The van der Waals surface area contributed by atoms with Crippen molar-refractivity contribution in [2.45, 2.75) is 19.9 Å². The first-order valence-electron chi connectivity index (χ1n) is 3.96. The van der Waals surface area contributed by atoms with E-state index in [1.54, 1.807) is 0 Å². The van der Waals surface area contributed by atoms with Crippen LogP contribution in [0.4, 0.5) is 0 Å². The Bertz CT molecular complexity index is 223. The molecule has 1 rings (SSSR count). The Kier molecular flexibility index (Phi) is 3.05. The van der Waals surface area contributed by atoms with Gasteiger partial charge in [-0.3, -0.25) is 0 Å².